The van der Waals surface area contributed by atoms with Gasteiger partial charge in [0.2, 0.25) is 5.16 Å². The maximum Gasteiger partial charge on any atom is 0.225 e. The Morgan fingerprint density at radius 2 is 2.56 bits per heavy atom. The van der Waals surface area contributed by atoms with Crippen LogP contribution in [0.15, 0.2) is 11.5 Å². The van der Waals surface area contributed by atoms with Crippen LogP contribution in [0, 0.1) is 0 Å². The van der Waals surface area contributed by atoms with Crippen molar-refractivity contribution < 1.29 is 8.76 Å². The number of aryl methyl sites for hydroxylation is 1. The van der Waals surface area contributed by atoms with Crippen LogP contribution in [-0.4, -0.2) is 23.5 Å². The smallest absolute Gasteiger partial charge is 0.225 e. The first kappa shape index (κ1) is 6.37. The summed E-state index contributed by atoms with van der Waals surface area (Å²) >= 11 is -2.30. The second-order valence-electron chi connectivity index (χ2n) is 1.44. The number of rotatable bonds is 1. The maximum atomic E-state index is 10.1. The molecular formula is C3H4N3O2S-. The van der Waals surface area contributed by atoms with Crippen molar-refractivity contribution in [2.45, 2.75) is 5.16 Å². The summed E-state index contributed by atoms with van der Waals surface area (Å²) in [6.07, 6.45) is 1.32. The van der Waals surface area contributed by atoms with E-state index in [0.29, 0.717) is 0 Å². The topological polar surface area (TPSA) is 70.8 Å². The molecule has 1 aromatic rings. The lowest BCUT2D eigenvalue weighted by Gasteiger charge is -1.94. The van der Waals surface area contributed by atoms with Crippen LogP contribution in [0.1, 0.15) is 0 Å². The van der Waals surface area contributed by atoms with Gasteiger partial charge in [0.1, 0.15) is 6.33 Å². The first-order valence-corrected chi connectivity index (χ1v) is 3.22. The van der Waals surface area contributed by atoms with Gasteiger partial charge in [-0.1, -0.05) is 0 Å². The number of hydrogen-bond donors (Lipinski definition) is 0. The van der Waals surface area contributed by atoms with E-state index in [1.54, 1.807) is 7.05 Å². The number of hydrogen-bond acceptors (Lipinski definition) is 4. The summed E-state index contributed by atoms with van der Waals surface area (Å²) < 4.78 is 21.5. The molecule has 0 aliphatic heterocycles. The molecule has 5 nitrogen and oxygen atoms in total. The highest BCUT2D eigenvalue weighted by Crippen LogP contribution is 1.90. The van der Waals surface area contributed by atoms with E-state index in [4.69, 9.17) is 0 Å². The molecule has 0 amide bonds. The molecule has 0 saturated heterocycles. The molecule has 1 heterocycles. The molecular weight excluding hydrogens is 142 g/mol. The molecule has 0 spiro atoms. The molecule has 1 rings (SSSR count). The number of aromatic nitrogens is 3. The van der Waals surface area contributed by atoms with E-state index in [-0.39, 0.29) is 5.16 Å². The van der Waals surface area contributed by atoms with Crippen LogP contribution in [-0.2, 0) is 18.1 Å². The zero-order chi connectivity index (χ0) is 6.85. The van der Waals surface area contributed by atoms with Gasteiger partial charge in [-0.2, -0.15) is 0 Å². The molecule has 0 saturated carbocycles. The Morgan fingerprint density at radius 1 is 1.89 bits per heavy atom. The molecule has 1 aromatic heterocycles. The van der Waals surface area contributed by atoms with Crippen LogP contribution >= 0.6 is 0 Å². The fourth-order valence-corrected chi connectivity index (χ4v) is 0.725. The van der Waals surface area contributed by atoms with Gasteiger partial charge in [-0.3, -0.25) is 8.89 Å². The van der Waals surface area contributed by atoms with E-state index in [2.05, 4.69) is 10.1 Å². The largest absolute Gasteiger partial charge is 0.766 e. The highest BCUT2D eigenvalue weighted by atomic mass is 32.2. The zero-order valence-electron chi connectivity index (χ0n) is 4.64. The van der Waals surface area contributed by atoms with Crippen LogP contribution in [0.3, 0.4) is 0 Å². The summed E-state index contributed by atoms with van der Waals surface area (Å²) in [6, 6.07) is 0. The van der Waals surface area contributed by atoms with Gasteiger partial charge in [0.25, 0.3) is 0 Å². The van der Waals surface area contributed by atoms with Gasteiger partial charge in [-0.25, -0.2) is 4.98 Å². The molecule has 0 aliphatic rings. The second kappa shape index (κ2) is 2.24. The van der Waals surface area contributed by atoms with Crippen molar-refractivity contribution in [3.8, 4) is 0 Å². The van der Waals surface area contributed by atoms with Gasteiger partial charge in [-0.05, 0) is 0 Å². The summed E-state index contributed by atoms with van der Waals surface area (Å²) in [5.74, 6) is 0. The van der Waals surface area contributed by atoms with E-state index in [0.717, 1.165) is 0 Å². The summed E-state index contributed by atoms with van der Waals surface area (Å²) in [5, 5.41) is 3.33. The van der Waals surface area contributed by atoms with E-state index >= 15 is 0 Å². The van der Waals surface area contributed by atoms with Crippen LogP contribution in [0.2, 0.25) is 0 Å². The van der Waals surface area contributed by atoms with Crippen molar-refractivity contribution in [1.82, 2.24) is 14.8 Å². The third-order valence-corrected chi connectivity index (χ3v) is 1.21. The molecule has 9 heavy (non-hydrogen) atoms. The van der Waals surface area contributed by atoms with Crippen molar-refractivity contribution in [3.63, 3.8) is 0 Å². The molecule has 0 bridgehead atoms. The number of nitrogens with zero attached hydrogens (tertiary/aromatic N) is 3. The molecule has 6 heteroatoms. The molecule has 1 unspecified atom stereocenters. The van der Waals surface area contributed by atoms with Gasteiger partial charge < -0.3 is 4.55 Å². The summed E-state index contributed by atoms with van der Waals surface area (Å²) in [6.45, 7) is 0. The highest BCUT2D eigenvalue weighted by Gasteiger charge is 1.94. The Morgan fingerprint density at radius 3 is 2.78 bits per heavy atom. The first-order chi connectivity index (χ1) is 4.20. The fourth-order valence-electron chi connectivity index (χ4n) is 0.396. The molecule has 1 atom stereocenters. The summed E-state index contributed by atoms with van der Waals surface area (Å²) in [4.78, 5) is 3.45. The summed E-state index contributed by atoms with van der Waals surface area (Å²) in [5.41, 5.74) is 0. The predicted octanol–water partition coefficient (Wildman–Crippen LogP) is -0.947. The van der Waals surface area contributed by atoms with Crippen LogP contribution in [0.25, 0.3) is 0 Å². The lowest BCUT2D eigenvalue weighted by Crippen LogP contribution is -1.93. The van der Waals surface area contributed by atoms with Crippen molar-refractivity contribution in [2.75, 3.05) is 0 Å². The minimum absolute atomic E-state index is 0.169. The molecule has 0 radical (unpaired) electrons. The standard InChI is InChI=1S/C3H5N3O2S/c1-6-2-4-3(5-6)9(7)8/h2H,1H3,(H,7,8)/p-1. The van der Waals surface area contributed by atoms with Crippen molar-refractivity contribution in [1.29, 1.82) is 0 Å². The lowest BCUT2D eigenvalue weighted by atomic mass is 11.2. The second-order valence-corrected chi connectivity index (χ2v) is 2.27. The molecule has 50 valence electrons. The van der Waals surface area contributed by atoms with Crippen molar-refractivity contribution in [3.05, 3.63) is 6.33 Å². The van der Waals surface area contributed by atoms with Gasteiger partial charge >= 0.3 is 0 Å². The predicted molar refractivity (Wildman–Crippen MR) is 28.2 cm³/mol. The van der Waals surface area contributed by atoms with Gasteiger partial charge in [-0.15, -0.1) is 5.10 Å². The Balaban J connectivity index is 2.98. The maximum absolute atomic E-state index is 10.1. The third-order valence-electron chi connectivity index (χ3n) is 0.728. The van der Waals surface area contributed by atoms with E-state index in [1.807, 2.05) is 0 Å². The van der Waals surface area contributed by atoms with E-state index < -0.39 is 11.1 Å². The van der Waals surface area contributed by atoms with Gasteiger partial charge in [0.15, 0.2) is 0 Å². The third kappa shape index (κ3) is 1.33. The normalized spacial score (nSPS) is 13.6. The summed E-state index contributed by atoms with van der Waals surface area (Å²) in [7, 11) is 1.60. The van der Waals surface area contributed by atoms with E-state index in [9.17, 15) is 8.76 Å². The highest BCUT2D eigenvalue weighted by molar-refractivity contribution is 7.78. The van der Waals surface area contributed by atoms with Crippen molar-refractivity contribution >= 4 is 11.1 Å². The molecule has 0 fully saturated rings. The van der Waals surface area contributed by atoms with Gasteiger partial charge in [0.05, 0.1) is 0 Å². The average molecular weight is 146 g/mol. The Kier molecular flexibility index (Phi) is 1.58. The minimum Gasteiger partial charge on any atom is -0.766 e. The molecule has 0 N–H and O–H groups in total. The monoisotopic (exact) mass is 146 g/mol. The Bertz CT molecular complexity index is 233. The quantitative estimate of drug-likeness (QED) is 0.479. The molecule has 0 aromatic carbocycles. The SMILES string of the molecule is Cn1cnc(S(=O)[O-])n1. The Labute approximate surface area is 54.0 Å². The minimum atomic E-state index is -2.30. The fraction of sp³-hybridized carbons (Fsp3) is 0.333. The Hall–Kier alpha value is -0.750. The lowest BCUT2D eigenvalue weighted by molar-refractivity contribution is 0.527. The first-order valence-electron chi connectivity index (χ1n) is 2.15. The zero-order valence-corrected chi connectivity index (χ0v) is 5.46. The van der Waals surface area contributed by atoms with Crippen molar-refractivity contribution in [2.24, 2.45) is 7.05 Å². The van der Waals surface area contributed by atoms with Gasteiger partial charge in [0, 0.05) is 18.1 Å². The molecule has 0 aliphatic carbocycles. The van der Waals surface area contributed by atoms with Crippen LogP contribution in [0.5, 0.6) is 0 Å². The van der Waals surface area contributed by atoms with E-state index in [1.165, 1.54) is 11.0 Å². The van der Waals surface area contributed by atoms with Crippen LogP contribution in [0.4, 0.5) is 0 Å². The van der Waals surface area contributed by atoms with Crippen LogP contribution < -0.4 is 0 Å². The average Bonchev–Trinajstić information content (AvgIpc) is 2.14.